The smallest absolute Gasteiger partial charge is 0.282 e. The zero-order chi connectivity index (χ0) is 20.1. The number of benzene rings is 1. The number of carbonyl (C=O) groups excluding carboxylic acids is 1. The Morgan fingerprint density at radius 2 is 2.18 bits per heavy atom. The van der Waals surface area contributed by atoms with Crippen LogP contribution in [0, 0.1) is 0 Å². The van der Waals surface area contributed by atoms with Crippen molar-refractivity contribution in [2.24, 2.45) is 0 Å². The second-order valence-electron chi connectivity index (χ2n) is 7.47. The lowest BCUT2D eigenvalue weighted by atomic mass is 9.91. The number of ether oxygens (including phenoxy) is 2. The summed E-state index contributed by atoms with van der Waals surface area (Å²) >= 11 is 1.18. The van der Waals surface area contributed by atoms with E-state index in [1.807, 2.05) is 30.3 Å². The van der Waals surface area contributed by atoms with Crippen molar-refractivity contribution in [3.8, 4) is 5.75 Å². The Bertz CT molecular complexity index is 682. The molecule has 6 nitrogen and oxygen atoms in total. The van der Waals surface area contributed by atoms with Crippen LogP contribution in [-0.4, -0.2) is 57.3 Å². The summed E-state index contributed by atoms with van der Waals surface area (Å²) in [4.78, 5) is 14.2. The Morgan fingerprint density at radius 3 is 2.86 bits per heavy atom. The van der Waals surface area contributed by atoms with Crippen LogP contribution in [0.2, 0.25) is 0 Å². The van der Waals surface area contributed by atoms with E-state index >= 15 is 0 Å². The Morgan fingerprint density at radius 1 is 1.43 bits per heavy atom. The molecule has 154 valence electrons. The summed E-state index contributed by atoms with van der Waals surface area (Å²) in [7, 11) is 1.61. The number of hydrogen-bond acceptors (Lipinski definition) is 6. The van der Waals surface area contributed by atoms with Gasteiger partial charge in [-0.2, -0.15) is 0 Å². The van der Waals surface area contributed by atoms with E-state index < -0.39 is 17.9 Å². The van der Waals surface area contributed by atoms with Crippen molar-refractivity contribution in [2.75, 3.05) is 12.9 Å². The lowest BCUT2D eigenvalue weighted by molar-refractivity contribution is -0.292. The molecule has 7 heteroatoms. The monoisotopic (exact) mass is 407 g/mol. The second kappa shape index (κ2) is 9.31. The standard InChI is InChI=1S/C21H29NO5S/c1-3-4-5-6-18-11-16(23)12-21(25,27-18)19-14-28-20(24)22(19)13-15-7-9-17(26-2)10-8-15/h3,7-10,16,18-19,23,25H,1,4-6,11-14H2,2H3/t16-,18-,19-,21-/m1/s1. The van der Waals surface area contributed by atoms with Crippen LogP contribution in [0.3, 0.4) is 0 Å². The molecule has 2 fully saturated rings. The largest absolute Gasteiger partial charge is 0.497 e. The molecule has 0 saturated carbocycles. The third-order valence-corrected chi connectivity index (χ3v) is 6.34. The van der Waals surface area contributed by atoms with Crippen molar-refractivity contribution in [3.63, 3.8) is 0 Å². The highest BCUT2D eigenvalue weighted by molar-refractivity contribution is 8.13. The third kappa shape index (κ3) is 4.89. The van der Waals surface area contributed by atoms with Crippen LogP contribution in [0.15, 0.2) is 36.9 Å². The van der Waals surface area contributed by atoms with Gasteiger partial charge in [0.25, 0.3) is 5.24 Å². The fraction of sp³-hybridized carbons (Fsp3) is 0.571. The van der Waals surface area contributed by atoms with Crippen LogP contribution in [0.25, 0.3) is 0 Å². The van der Waals surface area contributed by atoms with Crippen LogP contribution in [0.1, 0.15) is 37.7 Å². The number of allylic oxidation sites excluding steroid dienone is 1. The van der Waals surface area contributed by atoms with Gasteiger partial charge < -0.3 is 24.6 Å². The molecule has 2 aliphatic rings. The van der Waals surface area contributed by atoms with E-state index in [4.69, 9.17) is 9.47 Å². The summed E-state index contributed by atoms with van der Waals surface area (Å²) in [6.45, 7) is 4.10. The normalized spacial score (nSPS) is 30.5. The van der Waals surface area contributed by atoms with Crippen molar-refractivity contribution in [1.82, 2.24) is 4.90 Å². The van der Waals surface area contributed by atoms with Gasteiger partial charge in [-0.25, -0.2) is 0 Å². The Hall–Kier alpha value is -1.54. The molecule has 1 amide bonds. The van der Waals surface area contributed by atoms with Crippen LogP contribution >= 0.6 is 11.8 Å². The average molecular weight is 408 g/mol. The minimum Gasteiger partial charge on any atom is -0.497 e. The van der Waals surface area contributed by atoms with Crippen molar-refractivity contribution >= 4 is 17.0 Å². The molecule has 0 bridgehead atoms. The number of methoxy groups -OCH3 is 1. The molecule has 2 saturated heterocycles. The number of aliphatic hydroxyl groups is 2. The zero-order valence-corrected chi connectivity index (χ0v) is 17.1. The molecule has 28 heavy (non-hydrogen) atoms. The molecule has 0 spiro atoms. The minimum absolute atomic E-state index is 0.0823. The molecular weight excluding hydrogens is 378 g/mol. The SMILES string of the molecule is C=CCCC[C@@H]1C[C@@H](O)C[C@](O)([C@H]2CSC(=O)N2Cc2ccc(OC)cc2)O1. The van der Waals surface area contributed by atoms with Gasteiger partial charge in [-0.3, -0.25) is 4.79 Å². The molecule has 2 aliphatic heterocycles. The van der Waals surface area contributed by atoms with Gasteiger partial charge in [0.15, 0.2) is 5.79 Å². The Kier molecular flexibility index (Phi) is 7.04. The van der Waals surface area contributed by atoms with Crippen molar-refractivity contribution in [1.29, 1.82) is 0 Å². The number of hydrogen-bond donors (Lipinski definition) is 2. The molecule has 0 aromatic heterocycles. The Labute approximate surface area is 170 Å². The van der Waals surface area contributed by atoms with Gasteiger partial charge >= 0.3 is 0 Å². The molecule has 2 N–H and O–H groups in total. The van der Waals surface area contributed by atoms with E-state index in [1.165, 1.54) is 11.8 Å². The number of unbranched alkanes of at least 4 members (excludes halogenated alkanes) is 1. The highest BCUT2D eigenvalue weighted by Crippen LogP contribution is 2.40. The summed E-state index contributed by atoms with van der Waals surface area (Å²) in [6.07, 6.45) is 4.12. The van der Waals surface area contributed by atoms with Gasteiger partial charge in [0, 0.05) is 18.7 Å². The minimum atomic E-state index is -1.54. The summed E-state index contributed by atoms with van der Waals surface area (Å²) in [6, 6.07) is 7.02. The number of rotatable bonds is 8. The molecule has 0 unspecified atom stereocenters. The fourth-order valence-corrected chi connectivity index (χ4v) is 5.02. The topological polar surface area (TPSA) is 79.2 Å². The first-order chi connectivity index (χ1) is 13.4. The molecule has 4 atom stereocenters. The van der Waals surface area contributed by atoms with Crippen LogP contribution in [0.4, 0.5) is 4.79 Å². The fourth-order valence-electron chi connectivity index (χ4n) is 3.92. The molecule has 1 aromatic rings. The van der Waals surface area contributed by atoms with Crippen molar-refractivity contribution in [3.05, 3.63) is 42.5 Å². The lowest BCUT2D eigenvalue weighted by Gasteiger charge is -2.45. The van der Waals surface area contributed by atoms with Gasteiger partial charge in [-0.05, 0) is 43.4 Å². The Balaban J connectivity index is 1.72. The maximum Gasteiger partial charge on any atom is 0.282 e. The predicted octanol–water partition coefficient (Wildman–Crippen LogP) is 3.32. The highest BCUT2D eigenvalue weighted by atomic mass is 32.2. The number of carbonyl (C=O) groups is 1. The van der Waals surface area contributed by atoms with E-state index in [0.29, 0.717) is 18.7 Å². The van der Waals surface area contributed by atoms with Gasteiger partial charge in [-0.15, -0.1) is 6.58 Å². The van der Waals surface area contributed by atoms with Crippen molar-refractivity contribution < 1.29 is 24.5 Å². The molecular formula is C21H29NO5S. The molecule has 0 aliphatic carbocycles. The maximum absolute atomic E-state index is 12.5. The van der Waals surface area contributed by atoms with Crippen molar-refractivity contribution in [2.45, 2.75) is 62.7 Å². The van der Waals surface area contributed by atoms with Crippen LogP contribution in [0.5, 0.6) is 5.75 Å². The van der Waals surface area contributed by atoms with Gasteiger partial charge in [0.2, 0.25) is 0 Å². The first-order valence-corrected chi connectivity index (χ1v) is 10.7. The van der Waals surface area contributed by atoms with E-state index in [-0.39, 0.29) is 17.8 Å². The number of nitrogens with zero attached hydrogens (tertiary/aromatic N) is 1. The first-order valence-electron chi connectivity index (χ1n) is 9.70. The van der Waals surface area contributed by atoms with E-state index in [9.17, 15) is 15.0 Å². The molecule has 3 rings (SSSR count). The van der Waals surface area contributed by atoms with Gasteiger partial charge in [0.05, 0.1) is 25.4 Å². The van der Waals surface area contributed by atoms with Gasteiger partial charge in [0.1, 0.15) is 5.75 Å². The summed E-state index contributed by atoms with van der Waals surface area (Å²) in [5.74, 6) is -0.345. The van der Waals surface area contributed by atoms with E-state index in [2.05, 4.69) is 6.58 Å². The molecule has 0 radical (unpaired) electrons. The summed E-state index contributed by atoms with van der Waals surface area (Å²) in [5, 5.41) is 21.6. The highest BCUT2D eigenvalue weighted by Gasteiger charge is 2.51. The lowest BCUT2D eigenvalue weighted by Crippen LogP contribution is -2.58. The van der Waals surface area contributed by atoms with Crippen LogP contribution < -0.4 is 4.74 Å². The first kappa shape index (κ1) is 21.2. The molecule has 2 heterocycles. The van der Waals surface area contributed by atoms with E-state index in [0.717, 1.165) is 30.6 Å². The summed E-state index contributed by atoms with van der Waals surface area (Å²) < 4.78 is 11.2. The average Bonchev–Trinajstić information content (AvgIpc) is 3.03. The second-order valence-corrected chi connectivity index (χ2v) is 8.44. The number of aliphatic hydroxyl groups excluding tert-OH is 1. The number of thioether (sulfide) groups is 1. The van der Waals surface area contributed by atoms with Crippen LogP contribution in [-0.2, 0) is 11.3 Å². The predicted molar refractivity (Wildman–Crippen MR) is 109 cm³/mol. The zero-order valence-electron chi connectivity index (χ0n) is 16.3. The summed E-state index contributed by atoms with van der Waals surface area (Å²) in [5.41, 5.74) is 0.948. The van der Waals surface area contributed by atoms with Gasteiger partial charge in [-0.1, -0.05) is 30.0 Å². The molecule has 1 aromatic carbocycles. The third-order valence-electron chi connectivity index (χ3n) is 5.38. The van der Waals surface area contributed by atoms with E-state index in [1.54, 1.807) is 12.0 Å². The quantitative estimate of drug-likeness (QED) is 0.508. The number of amides is 1. The maximum atomic E-state index is 12.5.